The number of ketones is 1. The molecule has 140 valence electrons. The second-order valence-corrected chi connectivity index (χ2v) is 8.09. The summed E-state index contributed by atoms with van der Waals surface area (Å²) in [6.45, 7) is 1.95. The van der Waals surface area contributed by atoms with Crippen LogP contribution in [-0.2, 0) is 5.75 Å². The second kappa shape index (κ2) is 8.58. The smallest absolute Gasteiger partial charge is 0.198 e. The normalized spacial score (nSPS) is 11.0. The van der Waals surface area contributed by atoms with Crippen LogP contribution in [-0.4, -0.2) is 31.1 Å². The molecule has 0 unspecified atom stereocenters. The predicted octanol–water partition coefficient (Wildman–Crippen LogP) is 4.70. The molecular weight excluding hydrogens is 388 g/mol. The SMILES string of the molecule is Cc1cc2nnc(SCC(=O)c3ccccc3)n2c(SCc2ccccc2)n1. The molecule has 0 aliphatic carbocycles. The van der Waals surface area contributed by atoms with Gasteiger partial charge in [0.05, 0.1) is 5.75 Å². The van der Waals surface area contributed by atoms with Crippen LogP contribution in [0.2, 0.25) is 0 Å². The largest absolute Gasteiger partial charge is 0.293 e. The quantitative estimate of drug-likeness (QED) is 0.252. The first-order chi connectivity index (χ1) is 13.7. The Morgan fingerprint density at radius 2 is 1.64 bits per heavy atom. The van der Waals surface area contributed by atoms with Crippen molar-refractivity contribution in [2.24, 2.45) is 0 Å². The van der Waals surface area contributed by atoms with Gasteiger partial charge in [0, 0.05) is 23.1 Å². The van der Waals surface area contributed by atoms with Gasteiger partial charge in [-0.25, -0.2) is 9.38 Å². The fraction of sp³-hybridized carbons (Fsp3) is 0.143. The topological polar surface area (TPSA) is 60.2 Å². The van der Waals surface area contributed by atoms with Gasteiger partial charge in [0.25, 0.3) is 0 Å². The molecule has 0 radical (unpaired) electrons. The molecule has 2 heterocycles. The van der Waals surface area contributed by atoms with E-state index in [0.717, 1.165) is 22.3 Å². The van der Waals surface area contributed by atoms with E-state index >= 15 is 0 Å². The number of rotatable bonds is 7. The molecule has 0 fully saturated rings. The lowest BCUT2D eigenvalue weighted by Gasteiger charge is -2.08. The Kier molecular flexibility index (Phi) is 5.73. The van der Waals surface area contributed by atoms with Gasteiger partial charge in [-0.1, -0.05) is 84.2 Å². The Balaban J connectivity index is 1.56. The van der Waals surface area contributed by atoms with Gasteiger partial charge in [-0.05, 0) is 12.5 Å². The highest BCUT2D eigenvalue weighted by molar-refractivity contribution is 8.00. The van der Waals surface area contributed by atoms with Crippen LogP contribution >= 0.6 is 23.5 Å². The minimum absolute atomic E-state index is 0.0703. The molecule has 2 aromatic carbocycles. The number of nitrogens with zero attached hydrogens (tertiary/aromatic N) is 4. The van der Waals surface area contributed by atoms with Crippen LogP contribution in [0.3, 0.4) is 0 Å². The van der Waals surface area contributed by atoms with E-state index in [0.29, 0.717) is 16.5 Å². The van der Waals surface area contributed by atoms with Gasteiger partial charge in [-0.3, -0.25) is 4.79 Å². The number of thioether (sulfide) groups is 2. The van der Waals surface area contributed by atoms with Crippen molar-refractivity contribution >= 4 is 35.0 Å². The summed E-state index contributed by atoms with van der Waals surface area (Å²) in [5.41, 5.74) is 3.58. The van der Waals surface area contributed by atoms with Gasteiger partial charge in [0.1, 0.15) is 0 Å². The summed E-state index contributed by atoms with van der Waals surface area (Å²) in [5.74, 6) is 1.18. The van der Waals surface area contributed by atoms with E-state index < -0.39 is 0 Å². The highest BCUT2D eigenvalue weighted by Gasteiger charge is 2.15. The molecule has 0 bridgehead atoms. The van der Waals surface area contributed by atoms with Crippen LogP contribution in [0.15, 0.2) is 77.0 Å². The number of benzene rings is 2. The molecule has 0 N–H and O–H groups in total. The van der Waals surface area contributed by atoms with Crippen LogP contribution < -0.4 is 0 Å². The maximum absolute atomic E-state index is 12.4. The summed E-state index contributed by atoms with van der Waals surface area (Å²) >= 11 is 3.03. The summed E-state index contributed by atoms with van der Waals surface area (Å²) in [6.07, 6.45) is 0. The number of aryl methyl sites for hydroxylation is 1. The zero-order valence-electron chi connectivity index (χ0n) is 15.3. The molecule has 0 atom stereocenters. The van der Waals surface area contributed by atoms with E-state index in [1.165, 1.54) is 17.3 Å². The number of aromatic nitrogens is 4. The number of fused-ring (bicyclic) bond motifs is 1. The zero-order chi connectivity index (χ0) is 19.3. The molecule has 5 nitrogen and oxygen atoms in total. The van der Waals surface area contributed by atoms with E-state index in [2.05, 4.69) is 27.3 Å². The van der Waals surface area contributed by atoms with Gasteiger partial charge >= 0.3 is 0 Å². The molecule has 7 heteroatoms. The molecule has 28 heavy (non-hydrogen) atoms. The Morgan fingerprint density at radius 3 is 2.39 bits per heavy atom. The highest BCUT2D eigenvalue weighted by Crippen LogP contribution is 2.27. The zero-order valence-corrected chi connectivity index (χ0v) is 16.9. The maximum atomic E-state index is 12.4. The van der Waals surface area contributed by atoms with Crippen molar-refractivity contribution in [1.29, 1.82) is 0 Å². The predicted molar refractivity (Wildman–Crippen MR) is 113 cm³/mol. The lowest BCUT2D eigenvalue weighted by molar-refractivity contribution is 0.102. The summed E-state index contributed by atoms with van der Waals surface area (Å²) in [5, 5.41) is 10.1. The van der Waals surface area contributed by atoms with Crippen molar-refractivity contribution in [3.05, 3.63) is 83.6 Å². The monoisotopic (exact) mass is 406 g/mol. The number of carbonyl (C=O) groups excluding carboxylic acids is 1. The third-order valence-corrected chi connectivity index (χ3v) is 6.04. The standard InChI is InChI=1S/C21H18N4OS2/c1-15-12-19-23-24-21(28-14-18(26)17-10-6-3-7-11-17)25(19)20(22-15)27-13-16-8-4-2-5-9-16/h2-12H,13-14H2,1H3. The number of hydrogen-bond donors (Lipinski definition) is 0. The van der Waals surface area contributed by atoms with Gasteiger partial charge < -0.3 is 0 Å². The Morgan fingerprint density at radius 1 is 0.929 bits per heavy atom. The first-order valence-electron chi connectivity index (χ1n) is 8.81. The van der Waals surface area contributed by atoms with Crippen molar-refractivity contribution < 1.29 is 4.79 Å². The summed E-state index contributed by atoms with van der Waals surface area (Å²) in [7, 11) is 0. The molecule has 0 amide bonds. The third kappa shape index (κ3) is 4.26. The number of hydrogen-bond acceptors (Lipinski definition) is 6. The summed E-state index contributed by atoms with van der Waals surface area (Å²) in [6, 6.07) is 21.5. The molecule has 4 rings (SSSR count). The van der Waals surface area contributed by atoms with E-state index in [-0.39, 0.29) is 5.78 Å². The number of carbonyl (C=O) groups is 1. The van der Waals surface area contributed by atoms with Crippen LogP contribution in [0.1, 0.15) is 21.6 Å². The van der Waals surface area contributed by atoms with Crippen molar-refractivity contribution in [1.82, 2.24) is 19.6 Å². The molecule has 4 aromatic rings. The molecular formula is C21H18N4OS2. The molecule has 0 aliphatic heterocycles. The minimum Gasteiger partial charge on any atom is -0.293 e. The number of Topliss-reactive ketones (excluding diaryl/α,β-unsaturated/α-hetero) is 1. The van der Waals surface area contributed by atoms with Crippen molar-refractivity contribution in [2.45, 2.75) is 23.0 Å². The molecule has 0 spiro atoms. The third-order valence-electron chi connectivity index (χ3n) is 4.10. The lowest BCUT2D eigenvalue weighted by atomic mass is 10.2. The first-order valence-corrected chi connectivity index (χ1v) is 10.8. The molecule has 2 aromatic heterocycles. The first kappa shape index (κ1) is 18.7. The molecule has 0 saturated carbocycles. The van der Waals surface area contributed by atoms with Crippen molar-refractivity contribution in [3.63, 3.8) is 0 Å². The van der Waals surface area contributed by atoms with Gasteiger partial charge in [0.2, 0.25) is 0 Å². The molecule has 0 aliphatic rings. The van der Waals surface area contributed by atoms with E-state index in [1.54, 1.807) is 11.8 Å². The minimum atomic E-state index is 0.0703. The Hall–Kier alpha value is -2.64. The summed E-state index contributed by atoms with van der Waals surface area (Å²) in [4.78, 5) is 17.1. The Bertz CT molecular complexity index is 1100. The molecule has 0 saturated heterocycles. The van der Waals surface area contributed by atoms with Crippen LogP contribution in [0.25, 0.3) is 5.65 Å². The second-order valence-electron chi connectivity index (χ2n) is 6.21. The van der Waals surface area contributed by atoms with E-state index in [4.69, 9.17) is 0 Å². The van der Waals surface area contributed by atoms with Crippen molar-refractivity contribution in [3.8, 4) is 0 Å². The van der Waals surface area contributed by atoms with Gasteiger partial charge in [-0.2, -0.15) is 0 Å². The van der Waals surface area contributed by atoms with Gasteiger partial charge in [0.15, 0.2) is 21.7 Å². The van der Waals surface area contributed by atoms with Crippen LogP contribution in [0.4, 0.5) is 0 Å². The van der Waals surface area contributed by atoms with Crippen LogP contribution in [0.5, 0.6) is 0 Å². The average Bonchev–Trinajstić information content (AvgIpc) is 3.14. The highest BCUT2D eigenvalue weighted by atomic mass is 32.2. The Labute approximate surface area is 171 Å². The van der Waals surface area contributed by atoms with Crippen LogP contribution in [0, 0.1) is 6.92 Å². The summed E-state index contributed by atoms with van der Waals surface area (Å²) < 4.78 is 1.93. The average molecular weight is 407 g/mol. The van der Waals surface area contributed by atoms with Gasteiger partial charge in [-0.15, -0.1) is 10.2 Å². The lowest BCUT2D eigenvalue weighted by Crippen LogP contribution is -2.04. The fourth-order valence-electron chi connectivity index (χ4n) is 2.72. The van der Waals surface area contributed by atoms with E-state index in [1.807, 2.05) is 65.9 Å². The maximum Gasteiger partial charge on any atom is 0.198 e. The van der Waals surface area contributed by atoms with E-state index in [9.17, 15) is 4.79 Å². The fourth-order valence-corrected chi connectivity index (χ4v) is 4.62. The van der Waals surface area contributed by atoms with Crippen molar-refractivity contribution in [2.75, 3.05) is 5.75 Å².